The number of urea groups is 1. The summed E-state index contributed by atoms with van der Waals surface area (Å²) in [6.07, 6.45) is 7.57. The van der Waals surface area contributed by atoms with Gasteiger partial charge in [0.1, 0.15) is 0 Å². The minimum Gasteiger partial charge on any atom is -0.352 e. The third kappa shape index (κ3) is 5.34. The molecule has 1 aliphatic rings. The van der Waals surface area contributed by atoms with Gasteiger partial charge in [0.25, 0.3) is 0 Å². The van der Waals surface area contributed by atoms with Crippen LogP contribution in [0.15, 0.2) is 0 Å². The number of nitrogens with two attached hydrogens (primary N) is 1. The van der Waals surface area contributed by atoms with Crippen molar-refractivity contribution in [2.45, 2.75) is 51.4 Å². The lowest BCUT2D eigenvalue weighted by Crippen LogP contribution is -2.29. The van der Waals surface area contributed by atoms with Crippen molar-refractivity contribution in [2.24, 2.45) is 5.73 Å². The summed E-state index contributed by atoms with van der Waals surface area (Å²) in [5.74, 6) is 0.0176. The maximum Gasteiger partial charge on any atom is 0.312 e. The summed E-state index contributed by atoms with van der Waals surface area (Å²) in [4.78, 5) is 28.1. The van der Waals surface area contributed by atoms with E-state index in [0.29, 0.717) is 13.0 Å². The van der Waals surface area contributed by atoms with E-state index in [1.54, 1.807) is 11.3 Å². The maximum absolute atomic E-state index is 11.8. The molecule has 1 aliphatic carbocycles. The first-order chi connectivity index (χ1) is 10.1. The molecule has 0 aliphatic heterocycles. The van der Waals surface area contributed by atoms with Crippen molar-refractivity contribution in [3.05, 3.63) is 10.6 Å². The van der Waals surface area contributed by atoms with E-state index in [1.807, 2.05) is 0 Å². The number of hydrogen-bond donors (Lipinski definition) is 3. The number of fused-ring (bicyclic) bond motifs is 1. The second-order valence-corrected chi connectivity index (χ2v) is 6.33. The number of carbonyl (C=O) groups is 2. The number of nitrogens with zero attached hydrogens (tertiary/aromatic N) is 1. The second-order valence-electron chi connectivity index (χ2n) is 5.25. The Morgan fingerprint density at radius 3 is 2.76 bits per heavy atom. The second kappa shape index (κ2) is 7.97. The van der Waals surface area contributed by atoms with Gasteiger partial charge < -0.3 is 16.4 Å². The first-order valence-electron chi connectivity index (χ1n) is 7.47. The van der Waals surface area contributed by atoms with Crippen LogP contribution in [0.2, 0.25) is 0 Å². The molecule has 1 aromatic heterocycles. The standard InChI is InChI=1S/C14H22N4O2S/c15-13(20)16-9-5-1-2-8-12(19)18-14-17-10-6-3-4-7-11(10)21-14/h1-9H2,(H3,15,16,20)(H,17,18,19). The van der Waals surface area contributed by atoms with Gasteiger partial charge in [-0.3, -0.25) is 4.79 Å². The molecule has 0 radical (unpaired) electrons. The predicted molar refractivity (Wildman–Crippen MR) is 83.4 cm³/mol. The molecule has 6 nitrogen and oxygen atoms in total. The molecule has 7 heteroatoms. The van der Waals surface area contributed by atoms with E-state index in [2.05, 4.69) is 15.6 Å². The van der Waals surface area contributed by atoms with Crippen LogP contribution in [0.4, 0.5) is 9.93 Å². The van der Waals surface area contributed by atoms with E-state index in [4.69, 9.17) is 5.73 Å². The number of amides is 3. The molecule has 0 spiro atoms. The molecule has 0 aromatic carbocycles. The Kier molecular flexibility index (Phi) is 5.98. The van der Waals surface area contributed by atoms with Gasteiger partial charge in [-0.15, -0.1) is 11.3 Å². The van der Waals surface area contributed by atoms with E-state index < -0.39 is 6.03 Å². The fraction of sp³-hybridized carbons (Fsp3) is 0.643. The highest BCUT2D eigenvalue weighted by atomic mass is 32.1. The van der Waals surface area contributed by atoms with Crippen molar-refractivity contribution in [1.29, 1.82) is 0 Å². The Hall–Kier alpha value is -1.63. The average molecular weight is 310 g/mol. The van der Waals surface area contributed by atoms with Gasteiger partial charge in [0.2, 0.25) is 5.91 Å². The third-order valence-corrected chi connectivity index (χ3v) is 4.54. The molecule has 0 saturated heterocycles. The lowest BCUT2D eigenvalue weighted by atomic mass is 10.0. The molecule has 116 valence electrons. The van der Waals surface area contributed by atoms with E-state index in [-0.39, 0.29) is 5.91 Å². The number of carbonyl (C=O) groups excluding carboxylic acids is 2. The molecule has 2 rings (SSSR count). The zero-order valence-corrected chi connectivity index (χ0v) is 12.9. The topological polar surface area (TPSA) is 97.1 Å². The van der Waals surface area contributed by atoms with Crippen LogP contribution in [-0.2, 0) is 17.6 Å². The van der Waals surface area contributed by atoms with Crippen LogP contribution in [0.25, 0.3) is 0 Å². The van der Waals surface area contributed by atoms with Crippen molar-refractivity contribution < 1.29 is 9.59 Å². The molecule has 0 unspecified atom stereocenters. The normalized spacial score (nSPS) is 13.5. The van der Waals surface area contributed by atoms with Crippen molar-refractivity contribution in [2.75, 3.05) is 11.9 Å². The van der Waals surface area contributed by atoms with E-state index >= 15 is 0 Å². The summed E-state index contributed by atoms with van der Waals surface area (Å²) in [7, 11) is 0. The fourth-order valence-electron chi connectivity index (χ4n) is 2.39. The number of rotatable bonds is 7. The van der Waals surface area contributed by atoms with Crippen LogP contribution in [0.3, 0.4) is 0 Å². The Morgan fingerprint density at radius 2 is 2.00 bits per heavy atom. The molecule has 1 aromatic rings. The summed E-state index contributed by atoms with van der Waals surface area (Å²) in [5, 5.41) is 6.16. The third-order valence-electron chi connectivity index (χ3n) is 3.47. The van der Waals surface area contributed by atoms with Crippen LogP contribution in [0, 0.1) is 0 Å². The Bertz CT molecular complexity index is 478. The maximum atomic E-state index is 11.8. The largest absolute Gasteiger partial charge is 0.352 e. The van der Waals surface area contributed by atoms with Crippen molar-refractivity contribution in [3.8, 4) is 0 Å². The summed E-state index contributed by atoms with van der Waals surface area (Å²) in [6.45, 7) is 0.566. The lowest BCUT2D eigenvalue weighted by Gasteiger charge is -2.06. The number of nitrogens with one attached hydrogen (secondary N) is 2. The van der Waals surface area contributed by atoms with Gasteiger partial charge in [-0.05, 0) is 38.5 Å². The Labute approximate surface area is 128 Å². The van der Waals surface area contributed by atoms with Crippen LogP contribution in [0.1, 0.15) is 49.1 Å². The van der Waals surface area contributed by atoms with Gasteiger partial charge in [-0.1, -0.05) is 6.42 Å². The molecule has 1 heterocycles. The Balaban J connectivity index is 1.63. The average Bonchev–Trinajstić information content (AvgIpc) is 2.84. The number of thiazole rings is 1. The summed E-state index contributed by atoms with van der Waals surface area (Å²) < 4.78 is 0. The summed E-state index contributed by atoms with van der Waals surface area (Å²) >= 11 is 1.61. The van der Waals surface area contributed by atoms with E-state index in [9.17, 15) is 9.59 Å². The minimum absolute atomic E-state index is 0.0176. The molecular formula is C14H22N4O2S. The fourth-order valence-corrected chi connectivity index (χ4v) is 3.45. The predicted octanol–water partition coefficient (Wildman–Crippen LogP) is 2.19. The van der Waals surface area contributed by atoms with Gasteiger partial charge in [-0.25, -0.2) is 9.78 Å². The molecule has 0 fully saturated rings. The van der Waals surface area contributed by atoms with E-state index in [0.717, 1.165) is 37.2 Å². The molecule has 0 saturated carbocycles. The molecule has 21 heavy (non-hydrogen) atoms. The van der Waals surface area contributed by atoms with Gasteiger partial charge in [0.15, 0.2) is 5.13 Å². The molecule has 0 atom stereocenters. The smallest absolute Gasteiger partial charge is 0.312 e. The summed E-state index contributed by atoms with van der Waals surface area (Å²) in [5.41, 5.74) is 6.13. The number of unbranched alkanes of at least 4 members (excludes halogenated alkanes) is 2. The van der Waals surface area contributed by atoms with Crippen molar-refractivity contribution >= 4 is 28.4 Å². The SMILES string of the molecule is NC(=O)NCCCCCC(=O)Nc1nc2c(s1)CCCC2. The van der Waals surface area contributed by atoms with Crippen molar-refractivity contribution in [1.82, 2.24) is 10.3 Å². The van der Waals surface area contributed by atoms with E-state index in [1.165, 1.54) is 23.4 Å². The van der Waals surface area contributed by atoms with Crippen LogP contribution >= 0.6 is 11.3 Å². The number of aromatic nitrogens is 1. The van der Waals surface area contributed by atoms with Gasteiger partial charge in [-0.2, -0.15) is 0 Å². The van der Waals surface area contributed by atoms with Crippen LogP contribution in [-0.4, -0.2) is 23.5 Å². The number of primary amides is 1. The van der Waals surface area contributed by atoms with Gasteiger partial charge >= 0.3 is 6.03 Å². The quantitative estimate of drug-likeness (QED) is 0.673. The number of aryl methyl sites for hydroxylation is 2. The molecule has 0 bridgehead atoms. The molecule has 3 amide bonds. The van der Waals surface area contributed by atoms with Crippen molar-refractivity contribution in [3.63, 3.8) is 0 Å². The Morgan fingerprint density at radius 1 is 1.19 bits per heavy atom. The van der Waals surface area contributed by atoms with Crippen LogP contribution < -0.4 is 16.4 Å². The first kappa shape index (κ1) is 15.8. The zero-order chi connectivity index (χ0) is 15.1. The first-order valence-corrected chi connectivity index (χ1v) is 8.28. The summed E-state index contributed by atoms with van der Waals surface area (Å²) in [6, 6.07) is -0.500. The lowest BCUT2D eigenvalue weighted by molar-refractivity contribution is -0.116. The van der Waals surface area contributed by atoms with Crippen LogP contribution in [0.5, 0.6) is 0 Å². The zero-order valence-electron chi connectivity index (χ0n) is 12.1. The molecule has 4 N–H and O–H groups in total. The highest BCUT2D eigenvalue weighted by molar-refractivity contribution is 7.15. The highest BCUT2D eigenvalue weighted by Crippen LogP contribution is 2.29. The molecular weight excluding hydrogens is 288 g/mol. The minimum atomic E-state index is -0.500. The van der Waals surface area contributed by atoms with Gasteiger partial charge in [0.05, 0.1) is 5.69 Å². The highest BCUT2D eigenvalue weighted by Gasteiger charge is 2.16. The number of anilines is 1. The van der Waals surface area contributed by atoms with Gasteiger partial charge in [0, 0.05) is 17.8 Å². The monoisotopic (exact) mass is 310 g/mol. The number of hydrogen-bond acceptors (Lipinski definition) is 4.